The zero-order valence-corrected chi connectivity index (χ0v) is 17.1. The summed E-state index contributed by atoms with van der Waals surface area (Å²) < 4.78 is 0. The van der Waals surface area contributed by atoms with Crippen LogP contribution in [0.2, 0.25) is 0 Å². The number of hydrogen-bond donors (Lipinski definition) is 2. The maximum absolute atomic E-state index is 12.4. The van der Waals surface area contributed by atoms with Gasteiger partial charge in [0.2, 0.25) is 5.91 Å². The molecule has 1 unspecified atom stereocenters. The average molecular weight is 385 g/mol. The van der Waals surface area contributed by atoms with Crippen molar-refractivity contribution in [2.24, 2.45) is 11.7 Å². The molecular weight excluding hydrogens is 348 g/mol. The quantitative estimate of drug-likeness (QED) is 0.734. The number of nitrogens with zero attached hydrogens (tertiary/aromatic N) is 2. The van der Waals surface area contributed by atoms with Gasteiger partial charge in [-0.3, -0.25) is 14.6 Å². The molecule has 0 bridgehead atoms. The van der Waals surface area contributed by atoms with E-state index < -0.39 is 0 Å². The standard InChI is InChI=1S/C23H36N4O/c24-10-4-11-25-23(28)20-7-3-12-27(17-20)21-8-13-26(14-9-21)22-15-18-5-1-2-6-19(18)16-22/h1-2,5-6,20-22H,3-4,7-17,24H2,(H,25,28). The Morgan fingerprint density at radius 2 is 1.71 bits per heavy atom. The van der Waals surface area contributed by atoms with E-state index in [2.05, 4.69) is 39.4 Å². The smallest absolute Gasteiger partial charge is 0.224 e. The highest BCUT2D eigenvalue weighted by molar-refractivity contribution is 5.78. The van der Waals surface area contributed by atoms with E-state index in [0.717, 1.165) is 32.4 Å². The van der Waals surface area contributed by atoms with Crippen LogP contribution >= 0.6 is 0 Å². The van der Waals surface area contributed by atoms with Gasteiger partial charge in [0.1, 0.15) is 0 Å². The lowest BCUT2D eigenvalue weighted by molar-refractivity contribution is -0.127. The number of rotatable bonds is 6. The fourth-order valence-electron chi connectivity index (χ4n) is 5.42. The minimum atomic E-state index is 0.161. The van der Waals surface area contributed by atoms with Crippen LogP contribution in [0.5, 0.6) is 0 Å². The molecule has 2 aliphatic heterocycles. The second-order valence-corrected chi connectivity index (χ2v) is 8.87. The number of fused-ring (bicyclic) bond motifs is 1. The number of likely N-dealkylation sites (tertiary alicyclic amines) is 2. The van der Waals surface area contributed by atoms with Crippen molar-refractivity contribution in [3.05, 3.63) is 35.4 Å². The van der Waals surface area contributed by atoms with E-state index in [4.69, 9.17) is 5.73 Å². The minimum Gasteiger partial charge on any atom is -0.356 e. The zero-order valence-electron chi connectivity index (χ0n) is 17.1. The Balaban J connectivity index is 1.24. The molecule has 1 aromatic rings. The van der Waals surface area contributed by atoms with Gasteiger partial charge >= 0.3 is 0 Å². The maximum atomic E-state index is 12.4. The van der Waals surface area contributed by atoms with E-state index in [0.29, 0.717) is 25.2 Å². The normalized spacial score (nSPS) is 25.0. The molecule has 0 spiro atoms. The first kappa shape index (κ1) is 19.9. The Hall–Kier alpha value is -1.43. The topological polar surface area (TPSA) is 61.6 Å². The van der Waals surface area contributed by atoms with E-state index in [1.807, 2.05) is 0 Å². The van der Waals surface area contributed by atoms with Crippen LogP contribution in [0.3, 0.4) is 0 Å². The summed E-state index contributed by atoms with van der Waals surface area (Å²) in [4.78, 5) is 17.8. The van der Waals surface area contributed by atoms with Crippen LogP contribution in [0.4, 0.5) is 0 Å². The Morgan fingerprint density at radius 1 is 1.00 bits per heavy atom. The summed E-state index contributed by atoms with van der Waals surface area (Å²) in [5.41, 5.74) is 8.63. The van der Waals surface area contributed by atoms with Gasteiger partial charge in [-0.2, -0.15) is 0 Å². The molecule has 154 valence electrons. The minimum absolute atomic E-state index is 0.161. The van der Waals surface area contributed by atoms with Gasteiger partial charge in [-0.15, -0.1) is 0 Å². The van der Waals surface area contributed by atoms with Crippen LogP contribution in [0.15, 0.2) is 24.3 Å². The first-order chi connectivity index (χ1) is 13.7. The van der Waals surface area contributed by atoms with Crippen LogP contribution in [0.1, 0.15) is 43.2 Å². The summed E-state index contributed by atoms with van der Waals surface area (Å²) in [6.07, 6.45) is 7.97. The average Bonchev–Trinajstić information content (AvgIpc) is 3.18. The molecule has 1 amide bonds. The first-order valence-corrected chi connectivity index (χ1v) is 11.3. The van der Waals surface area contributed by atoms with Gasteiger partial charge in [-0.1, -0.05) is 24.3 Å². The van der Waals surface area contributed by atoms with Gasteiger partial charge in [0, 0.05) is 25.2 Å². The van der Waals surface area contributed by atoms with E-state index in [1.165, 1.54) is 38.8 Å². The van der Waals surface area contributed by atoms with Crippen molar-refractivity contribution in [3.63, 3.8) is 0 Å². The number of piperidine rings is 2. The number of carbonyl (C=O) groups is 1. The predicted molar refractivity (Wildman–Crippen MR) is 113 cm³/mol. The number of hydrogen-bond acceptors (Lipinski definition) is 4. The third-order valence-electron chi connectivity index (χ3n) is 7.07. The summed E-state index contributed by atoms with van der Waals surface area (Å²) in [5, 5.41) is 3.08. The second kappa shape index (κ2) is 9.38. The van der Waals surface area contributed by atoms with Gasteiger partial charge in [0.05, 0.1) is 5.92 Å². The molecule has 2 fully saturated rings. The van der Waals surface area contributed by atoms with E-state index in [9.17, 15) is 4.79 Å². The van der Waals surface area contributed by atoms with Crippen molar-refractivity contribution in [1.29, 1.82) is 0 Å². The van der Waals surface area contributed by atoms with Crippen LogP contribution in [-0.2, 0) is 17.6 Å². The van der Waals surface area contributed by atoms with Crippen molar-refractivity contribution in [2.45, 2.75) is 57.0 Å². The van der Waals surface area contributed by atoms with Gasteiger partial charge < -0.3 is 11.1 Å². The number of nitrogens with one attached hydrogen (secondary N) is 1. The molecule has 1 aromatic carbocycles. The van der Waals surface area contributed by atoms with Gasteiger partial charge in [0.15, 0.2) is 0 Å². The van der Waals surface area contributed by atoms with Crippen LogP contribution in [0.25, 0.3) is 0 Å². The summed E-state index contributed by atoms with van der Waals surface area (Å²) in [5.74, 6) is 0.396. The lowest BCUT2D eigenvalue weighted by Crippen LogP contribution is -2.52. The summed E-state index contributed by atoms with van der Waals surface area (Å²) in [7, 11) is 0. The SMILES string of the molecule is NCCCNC(=O)C1CCCN(C2CCN(C3Cc4ccccc4C3)CC2)C1. The van der Waals surface area contributed by atoms with Crippen molar-refractivity contribution in [3.8, 4) is 0 Å². The van der Waals surface area contributed by atoms with Crippen molar-refractivity contribution >= 4 is 5.91 Å². The monoisotopic (exact) mass is 384 g/mol. The summed E-state index contributed by atoms with van der Waals surface area (Å²) >= 11 is 0. The first-order valence-electron chi connectivity index (χ1n) is 11.3. The molecule has 0 saturated carbocycles. The highest BCUT2D eigenvalue weighted by atomic mass is 16.1. The fourth-order valence-corrected chi connectivity index (χ4v) is 5.42. The van der Waals surface area contributed by atoms with E-state index >= 15 is 0 Å². The largest absolute Gasteiger partial charge is 0.356 e. The van der Waals surface area contributed by atoms with Gasteiger partial charge in [-0.25, -0.2) is 0 Å². The number of benzene rings is 1. The molecule has 0 radical (unpaired) electrons. The van der Waals surface area contributed by atoms with Crippen molar-refractivity contribution in [1.82, 2.24) is 15.1 Å². The molecule has 3 N–H and O–H groups in total. The highest BCUT2D eigenvalue weighted by Crippen LogP contribution is 2.29. The lowest BCUT2D eigenvalue weighted by atomic mass is 9.92. The molecule has 5 heteroatoms. The highest BCUT2D eigenvalue weighted by Gasteiger charge is 2.34. The van der Waals surface area contributed by atoms with Gasteiger partial charge in [-0.05, 0) is 82.3 Å². The van der Waals surface area contributed by atoms with Crippen LogP contribution in [-0.4, -0.2) is 67.1 Å². The molecular formula is C23H36N4O. The maximum Gasteiger partial charge on any atom is 0.224 e. The lowest BCUT2D eigenvalue weighted by Gasteiger charge is -2.43. The fraction of sp³-hybridized carbons (Fsp3) is 0.696. The predicted octanol–water partition coefficient (Wildman–Crippen LogP) is 1.80. The molecule has 5 nitrogen and oxygen atoms in total. The Bertz CT molecular complexity index is 631. The van der Waals surface area contributed by atoms with E-state index in [1.54, 1.807) is 11.1 Å². The van der Waals surface area contributed by atoms with Crippen LogP contribution in [0, 0.1) is 5.92 Å². The summed E-state index contributed by atoms with van der Waals surface area (Å²) in [6.45, 7) is 5.86. The summed E-state index contributed by atoms with van der Waals surface area (Å²) in [6, 6.07) is 10.3. The van der Waals surface area contributed by atoms with Crippen LogP contribution < -0.4 is 11.1 Å². The number of carbonyl (C=O) groups excluding carboxylic acids is 1. The number of nitrogens with two attached hydrogens (primary N) is 1. The van der Waals surface area contributed by atoms with Gasteiger partial charge in [0.25, 0.3) is 0 Å². The Labute approximate surface area is 169 Å². The zero-order chi connectivity index (χ0) is 19.3. The molecule has 0 aromatic heterocycles. The molecule has 4 rings (SSSR count). The molecule has 2 heterocycles. The molecule has 2 saturated heterocycles. The van der Waals surface area contributed by atoms with E-state index in [-0.39, 0.29) is 11.8 Å². The number of amides is 1. The Kier molecular flexibility index (Phi) is 6.65. The third kappa shape index (κ3) is 4.58. The third-order valence-corrected chi connectivity index (χ3v) is 7.07. The molecule has 3 aliphatic rings. The van der Waals surface area contributed by atoms with Crippen molar-refractivity contribution < 1.29 is 4.79 Å². The second-order valence-electron chi connectivity index (χ2n) is 8.87. The Morgan fingerprint density at radius 3 is 2.39 bits per heavy atom. The molecule has 1 aliphatic carbocycles. The molecule has 1 atom stereocenters. The molecule has 28 heavy (non-hydrogen) atoms. The van der Waals surface area contributed by atoms with Crippen molar-refractivity contribution in [2.75, 3.05) is 39.3 Å².